The molecule has 1 saturated heterocycles. The van der Waals surface area contributed by atoms with E-state index in [1.54, 1.807) is 0 Å². The van der Waals surface area contributed by atoms with Crippen LogP contribution in [0.5, 0.6) is 11.5 Å². The lowest BCUT2D eigenvalue weighted by Crippen LogP contribution is -2.47. The molecule has 1 fully saturated rings. The van der Waals surface area contributed by atoms with Gasteiger partial charge in [-0.25, -0.2) is 4.98 Å². The number of nitrogens with zero attached hydrogens (tertiary/aromatic N) is 4. The second kappa shape index (κ2) is 8.11. The van der Waals surface area contributed by atoms with Crippen LogP contribution in [0.2, 0.25) is 0 Å². The van der Waals surface area contributed by atoms with Crippen LogP contribution in [0.25, 0.3) is 15.8 Å². The van der Waals surface area contributed by atoms with Crippen molar-refractivity contribution in [2.24, 2.45) is 0 Å². The third kappa shape index (κ3) is 3.25. The number of benzene rings is 1. The van der Waals surface area contributed by atoms with Crippen molar-refractivity contribution in [3.8, 4) is 11.5 Å². The largest absolute Gasteiger partial charge is 0.454 e. The molecule has 0 amide bonds. The molecule has 0 bridgehead atoms. The van der Waals surface area contributed by atoms with E-state index in [-0.39, 0.29) is 13.4 Å². The topological polar surface area (TPSA) is 83.0 Å². The molecule has 0 spiro atoms. The standard InChI is InChI=1S/C25H27N5O3S/c31-11-10-29-6-8-30(9-7-29)25-27-23(26-13-15-4-5-18-19(12-15)33-14-32-18)21-20-16-2-1-3-17(16)22(20)34-24(21)28-25/h2,4-5,12,17,31H,1,3,6-11,13-14H2,(H,26,27,28). The number of ether oxygens (including phenoxy) is 2. The van der Waals surface area contributed by atoms with E-state index >= 15 is 0 Å². The fourth-order valence-electron chi connectivity index (χ4n) is 5.53. The van der Waals surface area contributed by atoms with Gasteiger partial charge in [-0.2, -0.15) is 4.98 Å². The van der Waals surface area contributed by atoms with Gasteiger partial charge in [-0.3, -0.25) is 4.90 Å². The highest BCUT2D eigenvalue weighted by Crippen LogP contribution is 2.59. The van der Waals surface area contributed by atoms with Gasteiger partial charge in [0, 0.05) is 55.6 Å². The Morgan fingerprint density at radius 1 is 1.12 bits per heavy atom. The minimum absolute atomic E-state index is 0.203. The molecule has 2 aliphatic heterocycles. The van der Waals surface area contributed by atoms with E-state index in [2.05, 4.69) is 27.3 Å². The van der Waals surface area contributed by atoms with Crippen molar-refractivity contribution in [3.63, 3.8) is 0 Å². The van der Waals surface area contributed by atoms with Crippen LogP contribution in [0.3, 0.4) is 0 Å². The van der Waals surface area contributed by atoms with Crippen molar-refractivity contribution in [2.45, 2.75) is 25.3 Å². The zero-order valence-electron chi connectivity index (χ0n) is 18.9. The summed E-state index contributed by atoms with van der Waals surface area (Å²) in [5.74, 6) is 3.91. The Labute approximate surface area is 201 Å². The first-order chi connectivity index (χ1) is 16.8. The van der Waals surface area contributed by atoms with Gasteiger partial charge in [0.15, 0.2) is 11.5 Å². The van der Waals surface area contributed by atoms with E-state index in [0.29, 0.717) is 12.5 Å². The van der Waals surface area contributed by atoms with Gasteiger partial charge >= 0.3 is 0 Å². The van der Waals surface area contributed by atoms with E-state index in [4.69, 9.17) is 19.4 Å². The number of hydrogen-bond donors (Lipinski definition) is 2. The monoisotopic (exact) mass is 477 g/mol. The highest BCUT2D eigenvalue weighted by atomic mass is 32.1. The second-order valence-corrected chi connectivity index (χ2v) is 10.3. The summed E-state index contributed by atoms with van der Waals surface area (Å²) in [6, 6.07) is 6.08. The summed E-state index contributed by atoms with van der Waals surface area (Å²) < 4.78 is 11.0. The van der Waals surface area contributed by atoms with Crippen LogP contribution >= 0.6 is 11.3 Å². The van der Waals surface area contributed by atoms with Crippen LogP contribution in [0.4, 0.5) is 11.8 Å². The molecule has 34 heavy (non-hydrogen) atoms. The maximum Gasteiger partial charge on any atom is 0.231 e. The third-order valence-corrected chi connectivity index (χ3v) is 8.53. The van der Waals surface area contributed by atoms with E-state index in [1.807, 2.05) is 23.5 Å². The van der Waals surface area contributed by atoms with E-state index in [9.17, 15) is 5.11 Å². The van der Waals surface area contributed by atoms with Crippen molar-refractivity contribution in [1.82, 2.24) is 14.9 Å². The van der Waals surface area contributed by atoms with Crippen molar-refractivity contribution in [2.75, 3.05) is 56.3 Å². The smallest absolute Gasteiger partial charge is 0.231 e. The lowest BCUT2D eigenvalue weighted by Gasteiger charge is -2.34. The van der Waals surface area contributed by atoms with Gasteiger partial charge in [0.1, 0.15) is 10.6 Å². The molecule has 4 heterocycles. The van der Waals surface area contributed by atoms with Crippen LogP contribution < -0.4 is 19.7 Å². The Morgan fingerprint density at radius 2 is 2.00 bits per heavy atom. The predicted octanol–water partition coefficient (Wildman–Crippen LogP) is 3.42. The Hall–Kier alpha value is -2.88. The fraction of sp³-hybridized carbons (Fsp3) is 0.440. The first-order valence-electron chi connectivity index (χ1n) is 12.0. The van der Waals surface area contributed by atoms with Crippen molar-refractivity contribution in [3.05, 3.63) is 40.3 Å². The minimum Gasteiger partial charge on any atom is -0.454 e. The molecule has 2 aromatic heterocycles. The predicted molar refractivity (Wildman–Crippen MR) is 133 cm³/mol. The number of aliphatic hydroxyl groups excluding tert-OH is 1. The number of thiophene rings is 1. The van der Waals surface area contributed by atoms with Crippen LogP contribution in [0, 0.1) is 0 Å². The molecule has 9 heteroatoms. The number of nitrogens with one attached hydrogen (secondary N) is 1. The molecule has 0 radical (unpaired) electrons. The Kier molecular flexibility index (Phi) is 4.89. The lowest BCUT2D eigenvalue weighted by atomic mass is 9.80. The molecule has 4 aliphatic rings. The summed E-state index contributed by atoms with van der Waals surface area (Å²) in [6.45, 7) is 5.43. The van der Waals surface area contributed by atoms with Crippen molar-refractivity contribution in [1.29, 1.82) is 0 Å². The number of aromatic nitrogens is 2. The van der Waals surface area contributed by atoms with Crippen molar-refractivity contribution < 1.29 is 14.6 Å². The Balaban J connectivity index is 1.22. The summed E-state index contributed by atoms with van der Waals surface area (Å²) in [7, 11) is 0. The van der Waals surface area contributed by atoms with Gasteiger partial charge in [0.2, 0.25) is 12.7 Å². The summed E-state index contributed by atoms with van der Waals surface area (Å²) in [6.07, 6.45) is 4.79. The number of aliphatic hydroxyl groups is 1. The lowest BCUT2D eigenvalue weighted by molar-refractivity contribution is 0.174. The minimum atomic E-state index is 0.203. The highest BCUT2D eigenvalue weighted by molar-refractivity contribution is 7.19. The van der Waals surface area contributed by atoms with Gasteiger partial charge < -0.3 is 24.8 Å². The van der Waals surface area contributed by atoms with E-state index in [0.717, 1.165) is 66.4 Å². The zero-order valence-corrected chi connectivity index (χ0v) is 19.7. The molecular formula is C25H27N5O3S. The maximum absolute atomic E-state index is 9.26. The molecule has 176 valence electrons. The molecule has 8 nitrogen and oxygen atoms in total. The number of fused-ring (bicyclic) bond motifs is 7. The normalized spacial score (nSPS) is 20.8. The molecule has 3 aromatic rings. The van der Waals surface area contributed by atoms with Gasteiger partial charge in [-0.15, -0.1) is 11.3 Å². The van der Waals surface area contributed by atoms with Crippen LogP contribution in [0.15, 0.2) is 24.3 Å². The average molecular weight is 478 g/mol. The number of piperazine rings is 1. The summed E-state index contributed by atoms with van der Waals surface area (Å²) in [5.41, 5.74) is 3.98. The Morgan fingerprint density at radius 3 is 2.88 bits per heavy atom. The molecule has 2 aliphatic carbocycles. The third-order valence-electron chi connectivity index (χ3n) is 7.34. The van der Waals surface area contributed by atoms with E-state index < -0.39 is 0 Å². The van der Waals surface area contributed by atoms with Gasteiger partial charge in [-0.05, 0) is 36.1 Å². The molecule has 1 unspecified atom stereocenters. The van der Waals surface area contributed by atoms with E-state index in [1.165, 1.54) is 34.2 Å². The summed E-state index contributed by atoms with van der Waals surface area (Å²) in [4.78, 5) is 17.2. The van der Waals surface area contributed by atoms with Gasteiger partial charge in [0.05, 0.1) is 12.0 Å². The molecule has 1 atom stereocenters. The molecule has 7 rings (SSSR count). The molecule has 1 aromatic carbocycles. The van der Waals surface area contributed by atoms with Crippen LogP contribution in [-0.2, 0) is 6.54 Å². The van der Waals surface area contributed by atoms with Crippen LogP contribution in [-0.4, -0.2) is 66.1 Å². The molecule has 0 saturated carbocycles. The highest BCUT2D eigenvalue weighted by Gasteiger charge is 2.40. The number of hydrogen-bond acceptors (Lipinski definition) is 9. The quantitative estimate of drug-likeness (QED) is 0.559. The zero-order chi connectivity index (χ0) is 22.6. The summed E-state index contributed by atoms with van der Waals surface area (Å²) >= 11 is 1.84. The number of anilines is 2. The summed E-state index contributed by atoms with van der Waals surface area (Å²) in [5, 5.41) is 14.1. The van der Waals surface area contributed by atoms with Crippen LogP contribution in [0.1, 0.15) is 34.8 Å². The molecule has 2 N–H and O–H groups in total. The number of rotatable bonds is 6. The van der Waals surface area contributed by atoms with Gasteiger partial charge in [-0.1, -0.05) is 12.1 Å². The SMILES string of the molecule is OCCN1CCN(c2nc(NCc3ccc4c(c3)OCO4)c3c4c(sc3n2)C2CCC=C42)CC1. The first-order valence-corrected chi connectivity index (χ1v) is 12.9. The second-order valence-electron chi connectivity index (χ2n) is 9.28. The fourth-order valence-corrected chi connectivity index (χ4v) is 6.88. The van der Waals surface area contributed by atoms with Crippen molar-refractivity contribution >= 4 is 38.9 Å². The molecular weight excluding hydrogens is 450 g/mol. The number of allylic oxidation sites excluding steroid dienone is 2. The maximum atomic E-state index is 9.26. The van der Waals surface area contributed by atoms with Gasteiger partial charge in [0.25, 0.3) is 0 Å². The first kappa shape index (κ1) is 20.5. The average Bonchev–Trinajstić information content (AvgIpc) is 3.57. The number of β-amino-alcohol motifs (C(OH)–C–C–N with tert-alkyl or cyclic N) is 1. The Bertz CT molecular complexity index is 1300.